The summed E-state index contributed by atoms with van der Waals surface area (Å²) >= 11 is 0. The van der Waals surface area contributed by atoms with E-state index in [1.165, 1.54) is 0 Å². The van der Waals surface area contributed by atoms with Crippen LogP contribution in [0.1, 0.15) is 35.7 Å². The first-order valence-corrected chi connectivity index (χ1v) is 7.72. The van der Waals surface area contributed by atoms with E-state index in [1.807, 2.05) is 42.5 Å². The Morgan fingerprint density at radius 1 is 1.26 bits per heavy atom. The van der Waals surface area contributed by atoms with Crippen LogP contribution in [0, 0.1) is 5.92 Å². The molecule has 3 rings (SSSR count). The number of benzene rings is 1. The minimum atomic E-state index is -1.62. The fourth-order valence-electron chi connectivity index (χ4n) is 2.54. The maximum atomic E-state index is 12.6. The molecule has 0 amide bonds. The molecule has 19 heavy (non-hydrogen) atoms. The lowest BCUT2D eigenvalue weighted by atomic mass is 9.89. The maximum Gasteiger partial charge on any atom is 0.183 e. The zero-order chi connectivity index (χ0) is 13.6. The fourth-order valence-corrected chi connectivity index (χ4v) is 4.10. The molecule has 0 saturated heterocycles. The Balaban J connectivity index is 2.22. The second-order valence-corrected chi connectivity index (χ2v) is 6.82. The number of ketones is 1. The Morgan fingerprint density at radius 3 is 2.79 bits per heavy atom. The van der Waals surface area contributed by atoms with Crippen molar-refractivity contribution in [2.24, 2.45) is 5.92 Å². The standard InChI is InChI=1S/C16H16O2S/c1-10(2)11-7-8-15-13(9-11)16(17)12-5-3-4-6-14(12)19(15)18/h3-10,12,19H,1-2H3. The van der Waals surface area contributed by atoms with Crippen LogP contribution >= 0.6 is 0 Å². The normalized spacial score (nSPS) is 24.6. The molecule has 0 aromatic heterocycles. The predicted molar refractivity (Wildman–Crippen MR) is 79.4 cm³/mol. The summed E-state index contributed by atoms with van der Waals surface area (Å²) in [5, 5.41) is 0. The monoisotopic (exact) mass is 272 g/mol. The van der Waals surface area contributed by atoms with Crippen LogP contribution in [-0.4, -0.2) is 15.2 Å². The van der Waals surface area contributed by atoms with Crippen LogP contribution in [0.25, 0.3) is 0 Å². The molecule has 2 atom stereocenters. The van der Waals surface area contributed by atoms with E-state index in [4.69, 9.17) is 0 Å². The molecule has 0 fully saturated rings. The lowest BCUT2D eigenvalue weighted by Gasteiger charge is -2.25. The first-order chi connectivity index (χ1) is 9.09. The highest BCUT2D eigenvalue weighted by Crippen LogP contribution is 2.30. The van der Waals surface area contributed by atoms with Crippen molar-refractivity contribution in [3.8, 4) is 0 Å². The summed E-state index contributed by atoms with van der Waals surface area (Å²) in [6.45, 7) is 4.19. The van der Waals surface area contributed by atoms with Gasteiger partial charge in [-0.2, -0.15) is 0 Å². The Kier molecular flexibility index (Phi) is 3.03. The van der Waals surface area contributed by atoms with Gasteiger partial charge in [0.15, 0.2) is 5.78 Å². The molecule has 2 aliphatic rings. The van der Waals surface area contributed by atoms with Crippen molar-refractivity contribution < 1.29 is 9.35 Å². The van der Waals surface area contributed by atoms with Gasteiger partial charge in [0.25, 0.3) is 0 Å². The number of carbonyl (C=O) groups excluding carboxylic acids is 1. The smallest absolute Gasteiger partial charge is 0.183 e. The molecule has 98 valence electrons. The molecule has 2 nitrogen and oxygen atoms in total. The lowest BCUT2D eigenvalue weighted by Crippen LogP contribution is -2.31. The Bertz CT molecular complexity index is 651. The van der Waals surface area contributed by atoms with E-state index in [1.54, 1.807) is 0 Å². The molecule has 0 spiro atoms. The zero-order valence-corrected chi connectivity index (χ0v) is 11.9. The first kappa shape index (κ1) is 12.6. The molecule has 1 aliphatic carbocycles. The molecule has 1 aromatic rings. The summed E-state index contributed by atoms with van der Waals surface area (Å²) in [5.74, 6) is 0.106. The second-order valence-electron chi connectivity index (χ2n) is 5.24. The van der Waals surface area contributed by atoms with Crippen molar-refractivity contribution >= 4 is 21.4 Å². The van der Waals surface area contributed by atoms with E-state index in [9.17, 15) is 9.35 Å². The summed E-state index contributed by atoms with van der Waals surface area (Å²) < 4.78 is 12.6. The minimum Gasteiger partial charge on any atom is -0.646 e. The van der Waals surface area contributed by atoms with Gasteiger partial charge in [0.05, 0.1) is 5.56 Å². The number of rotatable bonds is 1. The van der Waals surface area contributed by atoms with Gasteiger partial charge in [-0.25, -0.2) is 0 Å². The van der Waals surface area contributed by atoms with Crippen LogP contribution in [0.5, 0.6) is 0 Å². The number of hydrogen-bond donors (Lipinski definition) is 0. The molecule has 0 saturated carbocycles. The largest absolute Gasteiger partial charge is 0.646 e. The molecular weight excluding hydrogens is 256 g/mol. The fraction of sp³-hybridized carbons (Fsp3) is 0.250. The highest BCUT2D eigenvalue weighted by atomic mass is 32.2. The highest BCUT2D eigenvalue weighted by molar-refractivity contribution is 7.91. The molecule has 0 radical (unpaired) electrons. The van der Waals surface area contributed by atoms with Crippen molar-refractivity contribution in [3.05, 3.63) is 53.6 Å². The number of hydrogen-bond acceptors (Lipinski definition) is 2. The van der Waals surface area contributed by atoms with Crippen molar-refractivity contribution in [2.45, 2.75) is 24.7 Å². The Hall–Kier alpha value is -1.45. The van der Waals surface area contributed by atoms with Gasteiger partial charge < -0.3 is 4.55 Å². The molecule has 1 aromatic carbocycles. The van der Waals surface area contributed by atoms with E-state index in [-0.39, 0.29) is 11.7 Å². The van der Waals surface area contributed by atoms with Gasteiger partial charge in [0.1, 0.15) is 15.7 Å². The molecule has 3 heteroatoms. The molecular formula is C16H16O2S. The van der Waals surface area contributed by atoms with Crippen molar-refractivity contribution in [1.29, 1.82) is 0 Å². The van der Waals surface area contributed by atoms with Crippen LogP contribution in [0.15, 0.2) is 47.4 Å². The van der Waals surface area contributed by atoms with Crippen LogP contribution < -0.4 is 0 Å². The summed E-state index contributed by atoms with van der Waals surface area (Å²) in [6, 6.07) is 5.75. The van der Waals surface area contributed by atoms with E-state index < -0.39 is 10.8 Å². The van der Waals surface area contributed by atoms with E-state index >= 15 is 0 Å². The molecule has 0 N–H and O–H groups in total. The van der Waals surface area contributed by atoms with Gasteiger partial charge in [-0.15, -0.1) is 10.8 Å². The number of thiol groups is 1. The van der Waals surface area contributed by atoms with Gasteiger partial charge in [0.2, 0.25) is 0 Å². The Labute approximate surface area is 115 Å². The minimum absolute atomic E-state index is 0.0719. The molecule has 1 heterocycles. The number of Topliss-reactive ketones (excluding diaryl/α,β-unsaturated/α-hetero) is 1. The lowest BCUT2D eigenvalue weighted by molar-refractivity contribution is 0.0969. The van der Waals surface area contributed by atoms with Crippen LogP contribution in [-0.2, 0) is 10.8 Å². The molecule has 0 bridgehead atoms. The second kappa shape index (κ2) is 4.58. The van der Waals surface area contributed by atoms with Gasteiger partial charge in [-0.3, -0.25) is 4.79 Å². The van der Waals surface area contributed by atoms with Crippen molar-refractivity contribution in [1.82, 2.24) is 0 Å². The zero-order valence-electron chi connectivity index (χ0n) is 11.0. The Morgan fingerprint density at radius 2 is 2.05 bits per heavy atom. The van der Waals surface area contributed by atoms with E-state index in [2.05, 4.69) is 13.8 Å². The summed E-state index contributed by atoms with van der Waals surface area (Å²) in [7, 11) is -1.62. The summed E-state index contributed by atoms with van der Waals surface area (Å²) in [4.78, 5) is 14.0. The van der Waals surface area contributed by atoms with Gasteiger partial charge in [-0.05, 0) is 29.7 Å². The first-order valence-electron chi connectivity index (χ1n) is 6.46. The van der Waals surface area contributed by atoms with Crippen molar-refractivity contribution in [3.63, 3.8) is 0 Å². The third kappa shape index (κ3) is 1.94. The predicted octanol–water partition coefficient (Wildman–Crippen LogP) is 2.76. The number of allylic oxidation sites excluding steroid dienone is 4. The average Bonchev–Trinajstić information content (AvgIpc) is 2.44. The third-order valence-corrected chi connectivity index (χ3v) is 5.41. The van der Waals surface area contributed by atoms with Crippen molar-refractivity contribution in [2.75, 3.05) is 0 Å². The van der Waals surface area contributed by atoms with Gasteiger partial charge in [-0.1, -0.05) is 38.1 Å². The quantitative estimate of drug-likeness (QED) is 0.448. The summed E-state index contributed by atoms with van der Waals surface area (Å²) in [5.41, 5.74) is 1.76. The number of fused-ring (bicyclic) bond motifs is 2. The topological polar surface area (TPSA) is 40.1 Å². The average molecular weight is 272 g/mol. The van der Waals surface area contributed by atoms with Gasteiger partial charge >= 0.3 is 0 Å². The SMILES string of the molecule is CC(C)c1ccc2c(c1)C(=O)C1C=CC=CC1=[SH+]2[O-]. The van der Waals surface area contributed by atoms with Crippen LogP contribution in [0.3, 0.4) is 0 Å². The molecule has 1 aliphatic heterocycles. The number of carbonyl (C=O) groups is 1. The summed E-state index contributed by atoms with van der Waals surface area (Å²) in [6.07, 6.45) is 7.36. The van der Waals surface area contributed by atoms with E-state index in [0.717, 1.165) is 10.4 Å². The maximum absolute atomic E-state index is 12.6. The van der Waals surface area contributed by atoms with Crippen LogP contribution in [0.4, 0.5) is 0 Å². The van der Waals surface area contributed by atoms with E-state index in [0.29, 0.717) is 16.4 Å². The third-order valence-electron chi connectivity index (χ3n) is 3.69. The van der Waals surface area contributed by atoms with Gasteiger partial charge in [0, 0.05) is 0 Å². The molecule has 2 unspecified atom stereocenters. The highest BCUT2D eigenvalue weighted by Gasteiger charge is 2.34. The van der Waals surface area contributed by atoms with Crippen LogP contribution in [0.2, 0.25) is 0 Å².